The fraction of sp³-hybridized carbons (Fsp3) is 0.571. The second-order valence-corrected chi connectivity index (χ2v) is 6.38. The van der Waals surface area contributed by atoms with Crippen molar-refractivity contribution in [1.82, 2.24) is 5.32 Å². The van der Waals surface area contributed by atoms with Gasteiger partial charge in [0.15, 0.2) is 0 Å². The lowest BCUT2D eigenvalue weighted by Gasteiger charge is -2.18. The molecule has 0 aliphatic rings. The predicted octanol–water partition coefficient (Wildman–Crippen LogP) is 3.98. The number of nitrogens with one attached hydrogen (secondary N) is 1. The van der Waals surface area contributed by atoms with Gasteiger partial charge in [0.25, 0.3) is 0 Å². The van der Waals surface area contributed by atoms with Gasteiger partial charge in [0.05, 0.1) is 5.56 Å². The maximum Gasteiger partial charge on any atom is 0.416 e. The molecule has 1 N–H and O–H groups in total. The Morgan fingerprint density at radius 3 is 2.47 bits per heavy atom. The van der Waals surface area contributed by atoms with E-state index in [1.165, 1.54) is 12.1 Å². The molecule has 1 aromatic rings. The van der Waals surface area contributed by atoms with Crippen molar-refractivity contribution in [2.75, 3.05) is 12.8 Å². The van der Waals surface area contributed by atoms with Gasteiger partial charge < -0.3 is 5.32 Å². The molecular weight excluding hydrogens is 271 g/mol. The van der Waals surface area contributed by atoms with Crippen LogP contribution in [0.15, 0.2) is 24.3 Å². The van der Waals surface area contributed by atoms with Crippen LogP contribution in [0.1, 0.15) is 25.0 Å². The Kier molecular flexibility index (Phi) is 6.20. The maximum absolute atomic E-state index is 12.6. The number of hydrogen-bond donors (Lipinski definition) is 1. The normalized spacial score (nSPS) is 13.8. The number of likely N-dealkylation sites (N-methyl/N-ethyl adjacent to an activating group) is 1. The summed E-state index contributed by atoms with van der Waals surface area (Å²) >= 11 is 1.81. The van der Waals surface area contributed by atoms with Crippen molar-refractivity contribution in [2.45, 2.75) is 37.7 Å². The van der Waals surface area contributed by atoms with E-state index in [0.717, 1.165) is 17.4 Å². The van der Waals surface area contributed by atoms with Gasteiger partial charge in [-0.2, -0.15) is 24.9 Å². The summed E-state index contributed by atoms with van der Waals surface area (Å²) in [5, 5.41) is 3.69. The van der Waals surface area contributed by atoms with Gasteiger partial charge in [0.1, 0.15) is 0 Å². The van der Waals surface area contributed by atoms with Gasteiger partial charge in [-0.1, -0.05) is 32.0 Å². The first-order valence-electron chi connectivity index (χ1n) is 6.28. The first kappa shape index (κ1) is 16.4. The van der Waals surface area contributed by atoms with Gasteiger partial charge in [0.2, 0.25) is 0 Å². The molecule has 0 spiro atoms. The molecule has 0 amide bonds. The zero-order chi connectivity index (χ0) is 14.5. The molecule has 1 nitrogen and oxygen atoms in total. The number of thioether (sulfide) groups is 1. The lowest BCUT2D eigenvalue weighted by atomic mass is 10.0. The lowest BCUT2D eigenvalue weighted by Crippen LogP contribution is -2.30. The van der Waals surface area contributed by atoms with Crippen molar-refractivity contribution in [3.63, 3.8) is 0 Å². The minimum atomic E-state index is -4.27. The highest BCUT2D eigenvalue weighted by Crippen LogP contribution is 2.29. The summed E-state index contributed by atoms with van der Waals surface area (Å²) in [5.74, 6) is 0.893. The Hall–Kier alpha value is -0.680. The molecule has 19 heavy (non-hydrogen) atoms. The van der Waals surface area contributed by atoms with Gasteiger partial charge >= 0.3 is 6.18 Å². The molecule has 0 heterocycles. The van der Waals surface area contributed by atoms with Crippen LogP contribution in [0.4, 0.5) is 13.2 Å². The highest BCUT2D eigenvalue weighted by atomic mass is 32.2. The Balaban J connectivity index is 2.69. The van der Waals surface area contributed by atoms with E-state index in [-0.39, 0.29) is 6.04 Å². The van der Waals surface area contributed by atoms with Gasteiger partial charge in [-0.05, 0) is 30.3 Å². The molecule has 0 aromatic heterocycles. The van der Waals surface area contributed by atoms with Crippen LogP contribution in [-0.2, 0) is 12.6 Å². The maximum atomic E-state index is 12.6. The van der Waals surface area contributed by atoms with Crippen molar-refractivity contribution in [3.05, 3.63) is 35.4 Å². The first-order chi connectivity index (χ1) is 8.82. The predicted molar refractivity (Wildman–Crippen MR) is 75.6 cm³/mol. The van der Waals surface area contributed by atoms with Gasteiger partial charge in [0, 0.05) is 11.8 Å². The number of benzene rings is 1. The van der Waals surface area contributed by atoms with E-state index in [2.05, 4.69) is 19.2 Å². The van der Waals surface area contributed by atoms with E-state index in [9.17, 15) is 13.2 Å². The molecular formula is C14H20F3NS. The van der Waals surface area contributed by atoms with Crippen molar-refractivity contribution in [1.29, 1.82) is 0 Å². The highest BCUT2D eigenvalue weighted by Gasteiger charge is 2.30. The third kappa shape index (κ3) is 5.87. The second kappa shape index (κ2) is 7.20. The van der Waals surface area contributed by atoms with E-state index >= 15 is 0 Å². The summed E-state index contributed by atoms with van der Waals surface area (Å²) in [4.78, 5) is 0. The van der Waals surface area contributed by atoms with E-state index < -0.39 is 11.7 Å². The summed E-state index contributed by atoms with van der Waals surface area (Å²) in [7, 11) is 1.85. The van der Waals surface area contributed by atoms with E-state index in [0.29, 0.717) is 11.7 Å². The van der Waals surface area contributed by atoms with E-state index in [1.807, 2.05) is 18.8 Å². The Morgan fingerprint density at radius 2 is 1.95 bits per heavy atom. The second-order valence-electron chi connectivity index (χ2n) is 4.77. The molecule has 1 rings (SSSR count). The molecule has 0 fully saturated rings. The molecule has 1 atom stereocenters. The van der Waals surface area contributed by atoms with E-state index in [4.69, 9.17) is 0 Å². The van der Waals surface area contributed by atoms with Crippen molar-refractivity contribution in [2.24, 2.45) is 0 Å². The van der Waals surface area contributed by atoms with Crippen LogP contribution in [-0.4, -0.2) is 24.1 Å². The summed E-state index contributed by atoms with van der Waals surface area (Å²) in [6.07, 6.45) is -3.65. The molecule has 5 heteroatoms. The number of rotatable bonds is 6. The molecule has 0 bridgehead atoms. The average Bonchev–Trinajstić information content (AvgIpc) is 2.33. The smallest absolute Gasteiger partial charge is 0.316 e. The number of hydrogen-bond acceptors (Lipinski definition) is 2. The van der Waals surface area contributed by atoms with Crippen LogP contribution < -0.4 is 5.32 Å². The number of alkyl halides is 3. The summed E-state index contributed by atoms with van der Waals surface area (Å²) in [6.45, 7) is 4.23. The van der Waals surface area contributed by atoms with Crippen molar-refractivity contribution in [3.8, 4) is 0 Å². The summed E-state index contributed by atoms with van der Waals surface area (Å²) in [5.41, 5.74) is 0.148. The van der Waals surface area contributed by atoms with Crippen LogP contribution in [0.3, 0.4) is 0 Å². The van der Waals surface area contributed by atoms with Crippen LogP contribution in [0, 0.1) is 0 Å². The van der Waals surface area contributed by atoms with Crippen molar-refractivity contribution < 1.29 is 13.2 Å². The fourth-order valence-corrected chi connectivity index (χ4v) is 2.61. The monoisotopic (exact) mass is 291 g/mol. The van der Waals surface area contributed by atoms with Crippen LogP contribution >= 0.6 is 11.8 Å². The molecule has 1 unspecified atom stereocenters. The van der Waals surface area contributed by atoms with Crippen LogP contribution in [0.25, 0.3) is 0 Å². The molecule has 1 aromatic carbocycles. The molecule has 0 saturated heterocycles. The van der Waals surface area contributed by atoms with Gasteiger partial charge in [-0.3, -0.25) is 0 Å². The Labute approximate surface area is 117 Å². The number of halogens is 3. The average molecular weight is 291 g/mol. The minimum absolute atomic E-state index is 0.191. The summed E-state index contributed by atoms with van der Waals surface area (Å²) in [6, 6.07) is 5.77. The largest absolute Gasteiger partial charge is 0.416 e. The molecule has 0 aliphatic carbocycles. The summed E-state index contributed by atoms with van der Waals surface area (Å²) < 4.78 is 37.9. The van der Waals surface area contributed by atoms with Gasteiger partial charge in [-0.25, -0.2) is 0 Å². The van der Waals surface area contributed by atoms with Crippen LogP contribution in [0.2, 0.25) is 0 Å². The van der Waals surface area contributed by atoms with Crippen LogP contribution in [0.5, 0.6) is 0 Å². The lowest BCUT2D eigenvalue weighted by molar-refractivity contribution is -0.137. The zero-order valence-electron chi connectivity index (χ0n) is 11.4. The molecule has 0 saturated carbocycles. The third-order valence-electron chi connectivity index (χ3n) is 2.78. The van der Waals surface area contributed by atoms with Crippen molar-refractivity contribution >= 4 is 11.8 Å². The topological polar surface area (TPSA) is 12.0 Å². The quantitative estimate of drug-likeness (QED) is 0.851. The minimum Gasteiger partial charge on any atom is -0.316 e. The molecule has 108 valence electrons. The zero-order valence-corrected chi connectivity index (χ0v) is 12.2. The Morgan fingerprint density at radius 1 is 1.26 bits per heavy atom. The molecule has 0 aliphatic heterocycles. The molecule has 0 radical (unpaired) electrons. The first-order valence-corrected chi connectivity index (χ1v) is 7.32. The Bertz CT molecular complexity index is 391. The van der Waals surface area contributed by atoms with Gasteiger partial charge in [-0.15, -0.1) is 0 Å². The highest BCUT2D eigenvalue weighted by molar-refractivity contribution is 7.99. The standard InChI is InChI=1S/C14H20F3NS/c1-10(2)19-9-13(18-3)8-11-5-4-6-12(7-11)14(15,16)17/h4-7,10,13,18H,8-9H2,1-3H3. The SMILES string of the molecule is CNC(CSC(C)C)Cc1cccc(C(F)(F)F)c1. The third-order valence-corrected chi connectivity index (χ3v) is 4.04. The fourth-order valence-electron chi connectivity index (χ4n) is 1.71. The van der Waals surface area contributed by atoms with E-state index in [1.54, 1.807) is 6.07 Å².